The van der Waals surface area contributed by atoms with E-state index in [9.17, 15) is 4.79 Å². The summed E-state index contributed by atoms with van der Waals surface area (Å²) in [4.78, 5) is 14.3. The lowest BCUT2D eigenvalue weighted by atomic mass is 10.1. The minimum atomic E-state index is -0.155. The maximum absolute atomic E-state index is 11.9. The number of hydrogen-bond donors (Lipinski definition) is 1. The molecule has 0 aliphatic rings. The number of rotatable bonds is 9. The Hall–Kier alpha value is -2.33. The van der Waals surface area contributed by atoms with Crippen molar-refractivity contribution in [3.8, 4) is 0 Å². The number of nitrogens with zero attached hydrogens (tertiary/aromatic N) is 2. The number of nitrogens with one attached hydrogen (secondary N) is 1. The molecule has 0 saturated heterocycles. The van der Waals surface area contributed by atoms with Crippen LogP contribution in [-0.2, 0) is 11.2 Å². The van der Waals surface area contributed by atoms with Gasteiger partial charge in [-0.05, 0) is 48.2 Å². The van der Waals surface area contributed by atoms with Gasteiger partial charge < -0.3 is 4.90 Å². The van der Waals surface area contributed by atoms with Crippen molar-refractivity contribution in [1.82, 2.24) is 5.43 Å². The largest absolute Gasteiger partial charge is 0.372 e. The fourth-order valence-corrected chi connectivity index (χ4v) is 2.81. The number of amides is 1. The number of benzene rings is 2. The summed E-state index contributed by atoms with van der Waals surface area (Å²) in [6.07, 6.45) is 4.19. The lowest BCUT2D eigenvalue weighted by molar-refractivity contribution is -0.120. The van der Waals surface area contributed by atoms with Crippen molar-refractivity contribution in [2.24, 2.45) is 5.10 Å². The van der Waals surface area contributed by atoms with Crippen molar-refractivity contribution in [3.05, 3.63) is 64.7 Å². The van der Waals surface area contributed by atoms with Gasteiger partial charge in [0.25, 0.3) is 0 Å². The molecule has 0 unspecified atom stereocenters. The van der Waals surface area contributed by atoms with Gasteiger partial charge in [0.15, 0.2) is 0 Å². The monoisotopic (exact) mass is 371 g/mol. The van der Waals surface area contributed by atoms with Crippen LogP contribution in [0.4, 0.5) is 5.69 Å². The fourth-order valence-electron chi connectivity index (χ4n) is 2.69. The summed E-state index contributed by atoms with van der Waals surface area (Å²) in [7, 11) is 0. The topological polar surface area (TPSA) is 44.7 Å². The van der Waals surface area contributed by atoms with Crippen LogP contribution in [-0.4, -0.2) is 25.2 Å². The summed E-state index contributed by atoms with van der Waals surface area (Å²) in [6, 6.07) is 15.4. The normalized spacial score (nSPS) is 10.9. The quantitative estimate of drug-likeness (QED) is 0.514. The van der Waals surface area contributed by atoms with Gasteiger partial charge in [-0.25, -0.2) is 5.43 Å². The van der Waals surface area contributed by atoms with E-state index in [0.29, 0.717) is 5.02 Å². The Morgan fingerprint density at radius 3 is 2.23 bits per heavy atom. The molecule has 0 fully saturated rings. The van der Waals surface area contributed by atoms with Gasteiger partial charge >= 0.3 is 0 Å². The molecule has 138 valence electrons. The van der Waals surface area contributed by atoms with Gasteiger partial charge in [-0.15, -0.1) is 0 Å². The van der Waals surface area contributed by atoms with E-state index in [1.54, 1.807) is 18.3 Å². The molecule has 0 heterocycles. The summed E-state index contributed by atoms with van der Waals surface area (Å²) in [5, 5.41) is 4.70. The summed E-state index contributed by atoms with van der Waals surface area (Å²) in [6.45, 7) is 6.50. The molecule has 0 aromatic heterocycles. The maximum Gasteiger partial charge on any atom is 0.244 e. The minimum absolute atomic E-state index is 0.155. The number of hydrogen-bond acceptors (Lipinski definition) is 3. The van der Waals surface area contributed by atoms with E-state index in [1.807, 2.05) is 24.3 Å². The molecule has 0 atom stereocenters. The molecule has 4 nitrogen and oxygen atoms in total. The van der Waals surface area contributed by atoms with Gasteiger partial charge in [0.2, 0.25) is 5.91 Å². The van der Waals surface area contributed by atoms with Crippen molar-refractivity contribution in [1.29, 1.82) is 0 Å². The highest BCUT2D eigenvalue weighted by Gasteiger charge is 2.04. The molecule has 0 spiro atoms. The van der Waals surface area contributed by atoms with Crippen molar-refractivity contribution in [2.75, 3.05) is 18.0 Å². The van der Waals surface area contributed by atoms with Crippen LogP contribution in [0.1, 0.15) is 37.8 Å². The predicted molar refractivity (Wildman–Crippen MR) is 110 cm³/mol. The van der Waals surface area contributed by atoms with Gasteiger partial charge in [-0.1, -0.05) is 49.7 Å². The first kappa shape index (κ1) is 20.0. The van der Waals surface area contributed by atoms with E-state index in [-0.39, 0.29) is 12.3 Å². The SMILES string of the molecule is CCCN(CCC)c1ccc(/C=N\NC(=O)Cc2ccc(Cl)cc2)cc1. The molecule has 26 heavy (non-hydrogen) atoms. The molecule has 1 amide bonds. The van der Waals surface area contributed by atoms with Crippen LogP contribution in [0.5, 0.6) is 0 Å². The zero-order valence-corrected chi connectivity index (χ0v) is 16.2. The summed E-state index contributed by atoms with van der Waals surface area (Å²) in [5.41, 5.74) is 5.63. The summed E-state index contributed by atoms with van der Waals surface area (Å²) >= 11 is 5.84. The molecule has 1 N–H and O–H groups in total. The molecule has 2 rings (SSSR count). The van der Waals surface area contributed by atoms with E-state index in [2.05, 4.69) is 41.4 Å². The Bertz CT molecular complexity index is 705. The van der Waals surface area contributed by atoms with E-state index >= 15 is 0 Å². The average molecular weight is 372 g/mol. The average Bonchev–Trinajstić information content (AvgIpc) is 2.64. The smallest absolute Gasteiger partial charge is 0.244 e. The zero-order valence-electron chi connectivity index (χ0n) is 15.4. The van der Waals surface area contributed by atoms with Crippen LogP contribution in [0.15, 0.2) is 53.6 Å². The van der Waals surface area contributed by atoms with Crippen LogP contribution in [0.3, 0.4) is 0 Å². The molecule has 0 radical (unpaired) electrons. The highest BCUT2D eigenvalue weighted by molar-refractivity contribution is 6.30. The highest BCUT2D eigenvalue weighted by Crippen LogP contribution is 2.15. The zero-order chi connectivity index (χ0) is 18.8. The van der Waals surface area contributed by atoms with Crippen LogP contribution >= 0.6 is 11.6 Å². The van der Waals surface area contributed by atoms with Crippen LogP contribution in [0, 0.1) is 0 Å². The lowest BCUT2D eigenvalue weighted by Crippen LogP contribution is -2.24. The van der Waals surface area contributed by atoms with E-state index in [4.69, 9.17) is 11.6 Å². The second-order valence-corrected chi connectivity index (χ2v) is 6.61. The molecule has 0 aliphatic carbocycles. The molecule has 0 saturated carbocycles. The van der Waals surface area contributed by atoms with Crippen molar-refractivity contribution >= 4 is 29.4 Å². The summed E-state index contributed by atoms with van der Waals surface area (Å²) in [5.74, 6) is -0.155. The van der Waals surface area contributed by atoms with Crippen molar-refractivity contribution in [3.63, 3.8) is 0 Å². The Balaban J connectivity index is 1.87. The first-order valence-corrected chi connectivity index (χ1v) is 9.41. The molecule has 0 bridgehead atoms. The van der Waals surface area contributed by atoms with E-state index in [0.717, 1.165) is 37.1 Å². The number of anilines is 1. The fraction of sp³-hybridized carbons (Fsp3) is 0.333. The Morgan fingerprint density at radius 1 is 1.04 bits per heavy atom. The van der Waals surface area contributed by atoms with Crippen LogP contribution in [0.2, 0.25) is 5.02 Å². The first-order chi connectivity index (χ1) is 12.6. The second-order valence-electron chi connectivity index (χ2n) is 6.18. The van der Waals surface area contributed by atoms with Crippen molar-refractivity contribution < 1.29 is 4.79 Å². The van der Waals surface area contributed by atoms with Crippen LogP contribution < -0.4 is 10.3 Å². The van der Waals surface area contributed by atoms with Gasteiger partial charge in [0.05, 0.1) is 12.6 Å². The molecule has 5 heteroatoms. The van der Waals surface area contributed by atoms with Gasteiger partial charge in [-0.3, -0.25) is 4.79 Å². The van der Waals surface area contributed by atoms with E-state index < -0.39 is 0 Å². The molecular weight excluding hydrogens is 346 g/mol. The molecule has 0 aliphatic heterocycles. The van der Waals surface area contributed by atoms with Crippen molar-refractivity contribution in [2.45, 2.75) is 33.1 Å². The Kier molecular flexibility index (Phi) is 8.16. The Labute approximate surface area is 160 Å². The summed E-state index contributed by atoms with van der Waals surface area (Å²) < 4.78 is 0. The first-order valence-electron chi connectivity index (χ1n) is 9.03. The predicted octanol–water partition coefficient (Wildman–Crippen LogP) is 4.66. The number of carbonyl (C=O) groups is 1. The standard InChI is InChI=1S/C21H26ClN3O/c1-3-13-25(14-4-2)20-11-7-18(8-12-20)16-23-24-21(26)15-17-5-9-19(22)10-6-17/h5-12,16H,3-4,13-15H2,1-2H3,(H,24,26)/b23-16-. The maximum atomic E-state index is 11.9. The van der Waals surface area contributed by atoms with Gasteiger partial charge in [0, 0.05) is 23.8 Å². The second kappa shape index (κ2) is 10.6. The molecule has 2 aromatic carbocycles. The Morgan fingerprint density at radius 2 is 1.65 bits per heavy atom. The number of carbonyl (C=O) groups excluding carboxylic acids is 1. The molecular formula is C21H26ClN3O. The third-order valence-electron chi connectivity index (χ3n) is 3.93. The van der Waals surface area contributed by atoms with E-state index in [1.165, 1.54) is 5.69 Å². The van der Waals surface area contributed by atoms with Gasteiger partial charge in [0.1, 0.15) is 0 Å². The molecule has 2 aromatic rings. The highest BCUT2D eigenvalue weighted by atomic mass is 35.5. The van der Waals surface area contributed by atoms with Gasteiger partial charge in [-0.2, -0.15) is 5.10 Å². The minimum Gasteiger partial charge on any atom is -0.372 e. The number of halogens is 1. The number of hydrazone groups is 1. The third-order valence-corrected chi connectivity index (χ3v) is 4.18. The third kappa shape index (κ3) is 6.52. The van der Waals surface area contributed by atoms with Crippen LogP contribution in [0.25, 0.3) is 0 Å². The lowest BCUT2D eigenvalue weighted by Gasteiger charge is -2.23.